The quantitative estimate of drug-likeness (QED) is 0.658. The van der Waals surface area contributed by atoms with Gasteiger partial charge >= 0.3 is 0 Å². The van der Waals surface area contributed by atoms with Crippen LogP contribution in [0.25, 0.3) is 10.9 Å². The molecule has 6 heteroatoms. The molecule has 2 aliphatic heterocycles. The maximum Gasteiger partial charge on any atom is 0.233 e. The number of nitrogens with zero attached hydrogens (tertiary/aromatic N) is 2. The first-order valence-corrected chi connectivity index (χ1v) is 10.8. The smallest absolute Gasteiger partial charge is 0.233 e. The molecule has 0 radical (unpaired) electrons. The standard InChI is InChI=1S/C22H23N3O2S/c26-22(14-28-21-13-24-20-6-2-1-5-19(20)21)25-15-7-8-16(25)11-18(10-15)27-17-4-3-9-23-12-17/h1-6,9,12-13,15-16,18,24H,7-8,10-11,14H2. The number of aromatic nitrogens is 2. The van der Waals surface area contributed by atoms with E-state index in [1.54, 1.807) is 24.2 Å². The third-order valence-corrected chi connectivity index (χ3v) is 6.86. The highest BCUT2D eigenvalue weighted by molar-refractivity contribution is 8.00. The molecule has 0 aliphatic carbocycles. The Morgan fingerprint density at radius 2 is 2.00 bits per heavy atom. The Hall–Kier alpha value is -2.47. The van der Waals surface area contributed by atoms with Crippen LogP contribution in [0.5, 0.6) is 5.75 Å². The van der Waals surface area contributed by atoms with E-state index in [-0.39, 0.29) is 12.0 Å². The molecule has 2 fully saturated rings. The summed E-state index contributed by atoms with van der Waals surface area (Å²) in [6, 6.07) is 12.7. The largest absolute Gasteiger partial charge is 0.489 e. The number of fused-ring (bicyclic) bond motifs is 3. The average Bonchev–Trinajstić information content (AvgIpc) is 3.25. The Bertz CT molecular complexity index is 960. The first-order valence-electron chi connectivity index (χ1n) is 9.84. The normalized spacial score (nSPS) is 23.9. The van der Waals surface area contributed by atoms with Crippen molar-refractivity contribution in [3.63, 3.8) is 0 Å². The van der Waals surface area contributed by atoms with E-state index in [9.17, 15) is 4.79 Å². The minimum atomic E-state index is 0.173. The van der Waals surface area contributed by atoms with Crippen molar-refractivity contribution in [2.45, 2.75) is 48.8 Å². The summed E-state index contributed by atoms with van der Waals surface area (Å²) in [5.74, 6) is 1.56. The van der Waals surface area contributed by atoms with E-state index in [1.807, 2.05) is 30.5 Å². The number of rotatable bonds is 5. The van der Waals surface area contributed by atoms with Crippen LogP contribution in [0, 0.1) is 0 Å². The first-order chi connectivity index (χ1) is 13.8. The van der Waals surface area contributed by atoms with Crippen LogP contribution in [0.1, 0.15) is 25.7 Å². The van der Waals surface area contributed by atoms with E-state index >= 15 is 0 Å². The second-order valence-corrected chi connectivity index (χ2v) is 8.59. The highest BCUT2D eigenvalue weighted by Gasteiger charge is 2.43. The van der Waals surface area contributed by atoms with E-state index in [4.69, 9.17) is 4.74 Å². The fraction of sp³-hybridized carbons (Fsp3) is 0.364. The van der Waals surface area contributed by atoms with Crippen LogP contribution in [0.3, 0.4) is 0 Å². The summed E-state index contributed by atoms with van der Waals surface area (Å²) in [7, 11) is 0. The van der Waals surface area contributed by atoms with Gasteiger partial charge < -0.3 is 14.6 Å². The zero-order valence-corrected chi connectivity index (χ0v) is 16.4. The topological polar surface area (TPSA) is 58.2 Å². The van der Waals surface area contributed by atoms with Crippen LogP contribution in [0.2, 0.25) is 0 Å². The number of ether oxygens (including phenoxy) is 1. The van der Waals surface area contributed by atoms with Crippen molar-refractivity contribution in [1.29, 1.82) is 0 Å². The van der Waals surface area contributed by atoms with E-state index in [0.717, 1.165) is 41.8 Å². The van der Waals surface area contributed by atoms with Crippen LogP contribution < -0.4 is 4.74 Å². The maximum absolute atomic E-state index is 13.0. The van der Waals surface area contributed by atoms with Crippen LogP contribution in [-0.4, -0.2) is 44.7 Å². The van der Waals surface area contributed by atoms with Gasteiger partial charge in [0.1, 0.15) is 11.9 Å². The number of aromatic amines is 1. The van der Waals surface area contributed by atoms with E-state index in [0.29, 0.717) is 17.8 Å². The predicted molar refractivity (Wildman–Crippen MR) is 111 cm³/mol. The molecule has 2 atom stereocenters. The molecular weight excluding hydrogens is 370 g/mol. The summed E-state index contributed by atoms with van der Waals surface area (Å²) in [4.78, 5) is 23.7. The lowest BCUT2D eigenvalue weighted by Crippen LogP contribution is -2.49. The summed E-state index contributed by atoms with van der Waals surface area (Å²) in [6.45, 7) is 0. The zero-order chi connectivity index (χ0) is 18.9. The van der Waals surface area contributed by atoms with Gasteiger partial charge in [-0.25, -0.2) is 0 Å². The SMILES string of the molecule is O=C(CSc1c[nH]c2ccccc12)N1C2CCC1CC(Oc1cccnc1)C2. The summed E-state index contributed by atoms with van der Waals surface area (Å²) in [5, 5.41) is 1.19. The van der Waals surface area contributed by atoms with Crippen molar-refractivity contribution in [2.75, 3.05) is 5.75 Å². The average molecular weight is 394 g/mol. The molecule has 5 nitrogen and oxygen atoms in total. The number of H-pyrrole nitrogens is 1. The number of amides is 1. The number of hydrogen-bond acceptors (Lipinski definition) is 4. The molecular formula is C22H23N3O2S. The number of benzene rings is 1. The second-order valence-electron chi connectivity index (χ2n) is 7.57. The van der Waals surface area contributed by atoms with Crippen molar-refractivity contribution in [3.05, 3.63) is 55.0 Å². The lowest BCUT2D eigenvalue weighted by molar-refractivity contribution is -0.134. The minimum absolute atomic E-state index is 0.173. The number of piperidine rings is 1. The lowest BCUT2D eigenvalue weighted by atomic mass is 9.99. The number of pyridine rings is 1. The third kappa shape index (κ3) is 3.37. The van der Waals surface area contributed by atoms with Crippen LogP contribution in [0.4, 0.5) is 0 Å². The maximum atomic E-state index is 13.0. The Morgan fingerprint density at radius 1 is 1.18 bits per heavy atom. The molecule has 1 amide bonds. The van der Waals surface area contributed by atoms with Gasteiger partial charge in [-0.3, -0.25) is 9.78 Å². The zero-order valence-electron chi connectivity index (χ0n) is 15.6. The summed E-state index contributed by atoms with van der Waals surface area (Å²) < 4.78 is 6.12. The number of carbonyl (C=O) groups is 1. The van der Waals surface area contributed by atoms with Gasteiger partial charge in [0.25, 0.3) is 0 Å². The van der Waals surface area contributed by atoms with Gasteiger partial charge in [0.05, 0.1) is 11.9 Å². The summed E-state index contributed by atoms with van der Waals surface area (Å²) in [5.41, 5.74) is 1.12. The number of thioether (sulfide) groups is 1. The predicted octanol–water partition coefficient (Wildman–Crippen LogP) is 4.26. The summed E-state index contributed by atoms with van der Waals surface area (Å²) in [6.07, 6.45) is 9.68. The number of hydrogen-bond donors (Lipinski definition) is 1. The van der Waals surface area contributed by atoms with Gasteiger partial charge in [-0.15, -0.1) is 11.8 Å². The van der Waals surface area contributed by atoms with Gasteiger partial charge in [0, 0.05) is 53.1 Å². The van der Waals surface area contributed by atoms with Crippen molar-refractivity contribution < 1.29 is 9.53 Å². The Labute approximate surface area is 168 Å². The number of carbonyl (C=O) groups excluding carboxylic acids is 1. The van der Waals surface area contributed by atoms with Crippen molar-refractivity contribution in [1.82, 2.24) is 14.9 Å². The Morgan fingerprint density at radius 3 is 2.79 bits per heavy atom. The third-order valence-electron chi connectivity index (χ3n) is 5.82. The highest BCUT2D eigenvalue weighted by Crippen LogP contribution is 2.38. The molecule has 0 spiro atoms. The molecule has 1 aromatic carbocycles. The van der Waals surface area contributed by atoms with Gasteiger partial charge in [0.15, 0.2) is 0 Å². The van der Waals surface area contributed by atoms with Gasteiger partial charge in [0.2, 0.25) is 5.91 Å². The minimum Gasteiger partial charge on any atom is -0.489 e. The monoisotopic (exact) mass is 393 g/mol. The van der Waals surface area contributed by atoms with E-state index in [2.05, 4.69) is 27.0 Å². The second kappa shape index (κ2) is 7.51. The molecule has 1 N–H and O–H groups in total. The molecule has 3 aromatic rings. The molecule has 28 heavy (non-hydrogen) atoms. The van der Waals surface area contributed by atoms with E-state index < -0.39 is 0 Å². The molecule has 5 rings (SSSR count). The van der Waals surface area contributed by atoms with Crippen molar-refractivity contribution in [3.8, 4) is 5.75 Å². The van der Waals surface area contributed by atoms with Crippen LogP contribution >= 0.6 is 11.8 Å². The first kappa shape index (κ1) is 17.6. The van der Waals surface area contributed by atoms with Crippen LogP contribution in [0.15, 0.2) is 59.9 Å². The highest BCUT2D eigenvalue weighted by atomic mass is 32.2. The molecule has 144 valence electrons. The van der Waals surface area contributed by atoms with Gasteiger partial charge in [-0.2, -0.15) is 0 Å². The molecule has 2 unspecified atom stereocenters. The Balaban J connectivity index is 1.22. The Kier molecular flexibility index (Phi) is 4.72. The molecule has 2 saturated heterocycles. The number of nitrogens with one attached hydrogen (secondary N) is 1. The molecule has 2 aliphatic rings. The van der Waals surface area contributed by atoms with Gasteiger partial charge in [-0.05, 0) is 31.0 Å². The van der Waals surface area contributed by atoms with Crippen molar-refractivity contribution in [2.24, 2.45) is 0 Å². The fourth-order valence-electron chi connectivity index (χ4n) is 4.62. The van der Waals surface area contributed by atoms with Gasteiger partial charge in [-0.1, -0.05) is 18.2 Å². The van der Waals surface area contributed by atoms with E-state index in [1.165, 1.54) is 5.39 Å². The molecule has 2 bridgehead atoms. The summed E-state index contributed by atoms with van der Waals surface area (Å²) >= 11 is 1.63. The molecule has 4 heterocycles. The molecule has 2 aromatic heterocycles. The van der Waals surface area contributed by atoms with Crippen molar-refractivity contribution >= 4 is 28.6 Å². The van der Waals surface area contributed by atoms with Crippen LogP contribution in [-0.2, 0) is 4.79 Å². The number of para-hydroxylation sites is 1. The lowest BCUT2D eigenvalue weighted by Gasteiger charge is -2.38. The molecule has 0 saturated carbocycles. The fourth-order valence-corrected chi connectivity index (χ4v) is 5.52.